The summed E-state index contributed by atoms with van der Waals surface area (Å²) in [6, 6.07) is 4.28. The molecule has 0 unspecified atom stereocenters. The van der Waals surface area contributed by atoms with E-state index in [1.54, 1.807) is 0 Å². The number of hydrogen-bond donors (Lipinski definition) is 1. The Morgan fingerprint density at radius 3 is 2.52 bits per heavy atom. The molecule has 2 amide bonds. The summed E-state index contributed by atoms with van der Waals surface area (Å²) in [6.07, 6.45) is -4.69. The predicted octanol–water partition coefficient (Wildman–Crippen LogP) is 3.01. The molecule has 0 saturated carbocycles. The molecule has 3 rings (SSSR count). The van der Waals surface area contributed by atoms with E-state index < -0.39 is 35.4 Å². The first-order chi connectivity index (χ1) is 13.6. The van der Waals surface area contributed by atoms with E-state index in [0.717, 1.165) is 10.7 Å². The van der Waals surface area contributed by atoms with Crippen molar-refractivity contribution in [3.63, 3.8) is 0 Å². The summed E-state index contributed by atoms with van der Waals surface area (Å²) < 4.78 is 59.1. The minimum atomic E-state index is -4.66. The van der Waals surface area contributed by atoms with Gasteiger partial charge < -0.3 is 9.64 Å². The summed E-state index contributed by atoms with van der Waals surface area (Å²) in [5.74, 6) is -1.19. The zero-order valence-electron chi connectivity index (χ0n) is 15.4. The quantitative estimate of drug-likeness (QED) is 0.784. The third kappa shape index (κ3) is 5.04. The number of piperidine rings is 1. The van der Waals surface area contributed by atoms with E-state index >= 15 is 0 Å². The van der Waals surface area contributed by atoms with Crippen LogP contribution in [0.3, 0.4) is 0 Å². The minimum Gasteiger partial charge on any atom is -0.490 e. The lowest BCUT2D eigenvalue weighted by molar-refractivity contribution is -0.139. The van der Waals surface area contributed by atoms with Crippen LogP contribution in [0.4, 0.5) is 28.2 Å². The maximum absolute atomic E-state index is 13.4. The van der Waals surface area contributed by atoms with Gasteiger partial charge >= 0.3 is 12.2 Å². The highest BCUT2D eigenvalue weighted by Gasteiger charge is 2.35. The molecule has 0 atom stereocenters. The van der Waals surface area contributed by atoms with Gasteiger partial charge in [-0.25, -0.2) is 13.9 Å². The van der Waals surface area contributed by atoms with Crippen LogP contribution >= 0.6 is 0 Å². The van der Waals surface area contributed by atoms with Crippen molar-refractivity contribution >= 4 is 11.8 Å². The summed E-state index contributed by atoms with van der Waals surface area (Å²) in [5.41, 5.74) is -1.36. The van der Waals surface area contributed by atoms with E-state index in [9.17, 15) is 27.2 Å². The topological polar surface area (TPSA) is 76.5 Å². The molecule has 0 spiro atoms. The maximum atomic E-state index is 13.4. The number of amides is 2. The molecule has 1 fully saturated rings. The second-order valence-electron chi connectivity index (χ2n) is 6.55. The lowest BCUT2D eigenvalue weighted by Crippen LogP contribution is -2.44. The number of nitrogens with one attached hydrogen (secondary N) is 1. The van der Waals surface area contributed by atoms with Gasteiger partial charge in [0.25, 0.3) is 5.56 Å². The van der Waals surface area contributed by atoms with Crippen molar-refractivity contribution in [2.45, 2.75) is 25.1 Å². The smallest absolute Gasteiger partial charge is 0.419 e. The Morgan fingerprint density at radius 1 is 1.21 bits per heavy atom. The Morgan fingerprint density at radius 2 is 1.90 bits per heavy atom. The highest BCUT2D eigenvalue weighted by molar-refractivity contribution is 5.88. The largest absolute Gasteiger partial charge is 0.490 e. The van der Waals surface area contributed by atoms with Gasteiger partial charge in [-0.1, -0.05) is 0 Å². The number of aryl methyl sites for hydroxylation is 1. The molecule has 1 saturated heterocycles. The van der Waals surface area contributed by atoms with Gasteiger partial charge in [0.15, 0.2) is 5.82 Å². The molecule has 156 valence electrons. The van der Waals surface area contributed by atoms with E-state index in [2.05, 4.69) is 10.4 Å². The first kappa shape index (κ1) is 20.6. The Balaban J connectivity index is 1.59. The second-order valence-corrected chi connectivity index (χ2v) is 6.55. The van der Waals surface area contributed by atoms with E-state index in [-0.39, 0.29) is 37.3 Å². The summed E-state index contributed by atoms with van der Waals surface area (Å²) in [7, 11) is 1.45. The predicted molar refractivity (Wildman–Crippen MR) is 95.1 cm³/mol. The summed E-state index contributed by atoms with van der Waals surface area (Å²) in [4.78, 5) is 25.1. The van der Waals surface area contributed by atoms with Crippen LogP contribution in [0.15, 0.2) is 35.1 Å². The number of benzene rings is 1. The number of nitrogens with zero attached hydrogens (tertiary/aromatic N) is 3. The van der Waals surface area contributed by atoms with Crippen LogP contribution < -0.4 is 15.6 Å². The van der Waals surface area contributed by atoms with Crippen LogP contribution in [-0.2, 0) is 13.2 Å². The fraction of sp³-hybridized carbons (Fsp3) is 0.389. The Labute approximate surface area is 162 Å². The number of carbonyl (C=O) groups is 1. The van der Waals surface area contributed by atoms with Crippen molar-refractivity contribution in [3.8, 4) is 5.75 Å². The van der Waals surface area contributed by atoms with Crippen LogP contribution in [0.25, 0.3) is 0 Å². The van der Waals surface area contributed by atoms with Crippen molar-refractivity contribution in [2.24, 2.45) is 7.05 Å². The third-order valence-electron chi connectivity index (χ3n) is 4.47. The lowest BCUT2D eigenvalue weighted by atomic mass is 10.1. The number of urea groups is 1. The Hall–Kier alpha value is -3.11. The maximum Gasteiger partial charge on any atom is 0.419 e. The molecule has 29 heavy (non-hydrogen) atoms. The van der Waals surface area contributed by atoms with Gasteiger partial charge in [-0.15, -0.1) is 0 Å². The second kappa shape index (κ2) is 8.10. The van der Waals surface area contributed by atoms with E-state index in [0.29, 0.717) is 12.1 Å². The van der Waals surface area contributed by atoms with Gasteiger partial charge in [0.05, 0.1) is 5.56 Å². The number of likely N-dealkylation sites (tertiary alicyclic amines) is 1. The van der Waals surface area contributed by atoms with Crippen molar-refractivity contribution in [1.29, 1.82) is 0 Å². The monoisotopic (exact) mass is 414 g/mol. The van der Waals surface area contributed by atoms with Gasteiger partial charge in [-0.2, -0.15) is 18.3 Å². The molecule has 2 aromatic rings. The van der Waals surface area contributed by atoms with Crippen molar-refractivity contribution in [2.75, 3.05) is 18.4 Å². The van der Waals surface area contributed by atoms with Crippen LogP contribution in [0.5, 0.6) is 5.75 Å². The molecule has 1 aliphatic heterocycles. The summed E-state index contributed by atoms with van der Waals surface area (Å²) in [6.45, 7) is 0.470. The van der Waals surface area contributed by atoms with Crippen LogP contribution in [-0.4, -0.2) is 39.9 Å². The average Bonchev–Trinajstić information content (AvgIpc) is 2.64. The van der Waals surface area contributed by atoms with Crippen molar-refractivity contribution in [3.05, 3.63) is 52.1 Å². The molecule has 0 bridgehead atoms. The Bertz CT molecular complexity index is 953. The Kier molecular flexibility index (Phi) is 5.76. The number of ether oxygens (including phenoxy) is 1. The van der Waals surface area contributed by atoms with Gasteiger partial charge in [-0.05, 0) is 18.2 Å². The van der Waals surface area contributed by atoms with Crippen LogP contribution in [0, 0.1) is 5.82 Å². The molecule has 1 aromatic carbocycles. The standard InChI is InChI=1S/C18H18F4N4O3/c1-25-16(27)5-4-15(24-25)23-17(28)26-8-6-12(7-9-26)29-14-10-11(19)2-3-13(14)18(20,21)22/h2-5,10,12H,6-9H2,1H3,(H,23,24,28). The van der Waals surface area contributed by atoms with Gasteiger partial charge in [0.2, 0.25) is 0 Å². The van der Waals surface area contributed by atoms with Gasteiger partial charge in [0, 0.05) is 45.1 Å². The summed E-state index contributed by atoms with van der Waals surface area (Å²) in [5, 5.41) is 6.46. The summed E-state index contributed by atoms with van der Waals surface area (Å²) >= 11 is 0. The fourth-order valence-corrected chi connectivity index (χ4v) is 2.94. The molecule has 2 heterocycles. The number of hydrogen-bond acceptors (Lipinski definition) is 4. The normalized spacial score (nSPS) is 15.3. The number of aromatic nitrogens is 2. The van der Waals surface area contributed by atoms with Gasteiger partial charge in [0.1, 0.15) is 17.7 Å². The van der Waals surface area contributed by atoms with Crippen LogP contribution in [0.2, 0.25) is 0 Å². The molecule has 11 heteroatoms. The minimum absolute atomic E-state index is 0.199. The molecular weight excluding hydrogens is 396 g/mol. The molecule has 1 aliphatic rings. The molecule has 1 N–H and O–H groups in total. The van der Waals surface area contributed by atoms with Crippen molar-refractivity contribution < 1.29 is 27.1 Å². The fourth-order valence-electron chi connectivity index (χ4n) is 2.94. The van der Waals surface area contributed by atoms with Gasteiger partial charge in [-0.3, -0.25) is 10.1 Å². The van der Waals surface area contributed by atoms with E-state index in [4.69, 9.17) is 4.74 Å². The highest BCUT2D eigenvalue weighted by Crippen LogP contribution is 2.37. The molecule has 7 nitrogen and oxygen atoms in total. The van der Waals surface area contributed by atoms with E-state index in [1.807, 2.05) is 0 Å². The van der Waals surface area contributed by atoms with Crippen LogP contribution in [0.1, 0.15) is 18.4 Å². The zero-order valence-corrected chi connectivity index (χ0v) is 15.4. The lowest BCUT2D eigenvalue weighted by Gasteiger charge is -2.32. The third-order valence-corrected chi connectivity index (χ3v) is 4.47. The number of rotatable bonds is 3. The van der Waals surface area contributed by atoms with Crippen molar-refractivity contribution in [1.82, 2.24) is 14.7 Å². The molecular formula is C18H18F4N4O3. The highest BCUT2D eigenvalue weighted by atomic mass is 19.4. The molecule has 1 aromatic heterocycles. The molecule has 0 aliphatic carbocycles. The van der Waals surface area contributed by atoms with E-state index in [1.165, 1.54) is 24.1 Å². The number of alkyl halides is 3. The first-order valence-electron chi connectivity index (χ1n) is 8.77. The average molecular weight is 414 g/mol. The number of anilines is 1. The zero-order chi connectivity index (χ0) is 21.2. The number of carbonyl (C=O) groups excluding carboxylic acids is 1. The SMILES string of the molecule is Cn1nc(NC(=O)N2CCC(Oc3cc(F)ccc3C(F)(F)F)CC2)ccc1=O. The molecule has 0 radical (unpaired) electrons. The number of halogens is 4. The first-order valence-corrected chi connectivity index (χ1v) is 8.77.